The molecule has 0 aliphatic carbocycles. The molecule has 1 heterocycles. The Hall–Kier alpha value is -2.54. The van der Waals surface area contributed by atoms with Gasteiger partial charge in [0.15, 0.2) is 6.10 Å². The van der Waals surface area contributed by atoms with Gasteiger partial charge in [0.05, 0.1) is 13.2 Å². The first kappa shape index (κ1) is 18.8. The van der Waals surface area contributed by atoms with Crippen LogP contribution in [0.1, 0.15) is 25.5 Å². The summed E-state index contributed by atoms with van der Waals surface area (Å²) in [5, 5.41) is 0. The third-order valence-electron chi connectivity index (χ3n) is 3.41. The van der Waals surface area contributed by atoms with Crippen molar-refractivity contribution in [1.82, 2.24) is 0 Å². The molecular formula is C18H22O7. The standard InChI is InChI=1S/C18H22O7/c1-3-21-17(19)23-12-16-15(25-18(20)22-4-2)11-10-14(24-16)13-8-6-5-7-9-13/h5-11,14-16H,3-4,12H2,1-2H3/t14-,15-,16+/m0/s1. The first-order valence-electron chi connectivity index (χ1n) is 8.15. The highest BCUT2D eigenvalue weighted by atomic mass is 16.7. The molecule has 0 aromatic heterocycles. The normalized spacial score (nSPS) is 22.1. The molecule has 0 amide bonds. The summed E-state index contributed by atoms with van der Waals surface area (Å²) in [6.45, 7) is 3.66. The number of rotatable bonds is 6. The third kappa shape index (κ3) is 5.79. The molecule has 0 N–H and O–H groups in total. The van der Waals surface area contributed by atoms with E-state index in [1.54, 1.807) is 26.0 Å². The van der Waals surface area contributed by atoms with Gasteiger partial charge in [-0.2, -0.15) is 0 Å². The van der Waals surface area contributed by atoms with Gasteiger partial charge in [0.1, 0.15) is 18.8 Å². The smallest absolute Gasteiger partial charge is 0.435 e. The molecule has 1 aromatic carbocycles. The minimum atomic E-state index is -0.806. The van der Waals surface area contributed by atoms with Gasteiger partial charge in [-0.15, -0.1) is 0 Å². The summed E-state index contributed by atoms with van der Waals surface area (Å²) in [6, 6.07) is 9.55. The fraction of sp³-hybridized carbons (Fsp3) is 0.444. The van der Waals surface area contributed by atoms with E-state index in [4.69, 9.17) is 23.7 Å². The van der Waals surface area contributed by atoms with Crippen LogP contribution in [0.15, 0.2) is 42.5 Å². The lowest BCUT2D eigenvalue weighted by molar-refractivity contribution is -0.0995. The van der Waals surface area contributed by atoms with Crippen molar-refractivity contribution in [3.05, 3.63) is 48.0 Å². The molecule has 25 heavy (non-hydrogen) atoms. The van der Waals surface area contributed by atoms with E-state index in [1.807, 2.05) is 30.3 Å². The lowest BCUT2D eigenvalue weighted by Crippen LogP contribution is -2.40. The molecule has 0 unspecified atom stereocenters. The van der Waals surface area contributed by atoms with Gasteiger partial charge in [0, 0.05) is 0 Å². The number of benzene rings is 1. The number of hydrogen-bond donors (Lipinski definition) is 0. The fourth-order valence-electron chi connectivity index (χ4n) is 2.30. The van der Waals surface area contributed by atoms with Crippen LogP contribution < -0.4 is 0 Å². The SMILES string of the molecule is CCOC(=O)OC[C@H]1O[C@H](c2ccccc2)C=C[C@@H]1OC(=O)OCC. The molecule has 0 saturated heterocycles. The van der Waals surface area contributed by atoms with Crippen molar-refractivity contribution in [2.24, 2.45) is 0 Å². The van der Waals surface area contributed by atoms with Gasteiger partial charge < -0.3 is 23.7 Å². The average Bonchev–Trinajstić information content (AvgIpc) is 2.62. The minimum absolute atomic E-state index is 0.115. The van der Waals surface area contributed by atoms with Gasteiger partial charge in [-0.25, -0.2) is 9.59 Å². The first-order chi connectivity index (χ1) is 12.1. The molecule has 7 heteroatoms. The molecule has 1 aliphatic heterocycles. The van der Waals surface area contributed by atoms with E-state index in [-0.39, 0.29) is 25.9 Å². The Morgan fingerprint density at radius 2 is 1.64 bits per heavy atom. The predicted molar refractivity (Wildman–Crippen MR) is 88.1 cm³/mol. The highest BCUT2D eigenvalue weighted by Gasteiger charge is 2.32. The zero-order valence-corrected chi connectivity index (χ0v) is 14.3. The van der Waals surface area contributed by atoms with E-state index in [1.165, 1.54) is 0 Å². The molecule has 0 spiro atoms. The summed E-state index contributed by atoms with van der Waals surface area (Å²) >= 11 is 0. The van der Waals surface area contributed by atoms with Crippen molar-refractivity contribution in [2.45, 2.75) is 32.2 Å². The van der Waals surface area contributed by atoms with Crippen LogP contribution in [-0.4, -0.2) is 44.3 Å². The highest BCUT2D eigenvalue weighted by Crippen LogP contribution is 2.28. The number of hydrogen-bond acceptors (Lipinski definition) is 7. The quantitative estimate of drug-likeness (QED) is 0.574. The lowest BCUT2D eigenvalue weighted by Gasteiger charge is -2.31. The van der Waals surface area contributed by atoms with Crippen LogP contribution in [0.2, 0.25) is 0 Å². The Morgan fingerprint density at radius 1 is 0.960 bits per heavy atom. The maximum Gasteiger partial charge on any atom is 0.508 e. The van der Waals surface area contributed by atoms with E-state index in [0.29, 0.717) is 0 Å². The Labute approximate surface area is 146 Å². The molecule has 3 atom stereocenters. The van der Waals surface area contributed by atoms with Crippen LogP contribution in [0.25, 0.3) is 0 Å². The summed E-state index contributed by atoms with van der Waals surface area (Å²) in [4.78, 5) is 23.0. The molecule has 1 aromatic rings. The molecule has 0 fully saturated rings. The lowest BCUT2D eigenvalue weighted by atomic mass is 10.0. The Bertz CT molecular complexity index is 584. The van der Waals surface area contributed by atoms with Crippen LogP contribution in [0.5, 0.6) is 0 Å². The fourth-order valence-corrected chi connectivity index (χ4v) is 2.30. The molecule has 7 nitrogen and oxygen atoms in total. The zero-order chi connectivity index (χ0) is 18.1. The summed E-state index contributed by atoms with van der Waals surface area (Å²) in [5.41, 5.74) is 0.939. The van der Waals surface area contributed by atoms with E-state index in [0.717, 1.165) is 5.56 Å². The summed E-state index contributed by atoms with van der Waals surface area (Å²) < 4.78 is 25.7. The first-order valence-corrected chi connectivity index (χ1v) is 8.15. The van der Waals surface area contributed by atoms with Crippen molar-refractivity contribution in [1.29, 1.82) is 0 Å². The maximum atomic E-state index is 11.6. The molecule has 0 radical (unpaired) electrons. The van der Waals surface area contributed by atoms with Gasteiger partial charge in [-0.1, -0.05) is 36.4 Å². The topological polar surface area (TPSA) is 80.3 Å². The summed E-state index contributed by atoms with van der Waals surface area (Å²) in [5.74, 6) is 0. The van der Waals surface area contributed by atoms with Crippen LogP contribution in [0, 0.1) is 0 Å². The molecule has 2 rings (SSSR count). The summed E-state index contributed by atoms with van der Waals surface area (Å²) in [7, 11) is 0. The number of carbonyl (C=O) groups is 2. The van der Waals surface area contributed by atoms with Crippen LogP contribution in [0.4, 0.5) is 9.59 Å². The molecule has 1 aliphatic rings. The van der Waals surface area contributed by atoms with Crippen LogP contribution in [-0.2, 0) is 23.7 Å². The van der Waals surface area contributed by atoms with Crippen LogP contribution in [0.3, 0.4) is 0 Å². The van der Waals surface area contributed by atoms with E-state index in [9.17, 15) is 9.59 Å². The van der Waals surface area contributed by atoms with Crippen molar-refractivity contribution in [2.75, 3.05) is 19.8 Å². The van der Waals surface area contributed by atoms with E-state index < -0.39 is 24.5 Å². The van der Waals surface area contributed by atoms with Gasteiger partial charge in [0.2, 0.25) is 0 Å². The van der Waals surface area contributed by atoms with Crippen molar-refractivity contribution in [3.8, 4) is 0 Å². The number of ether oxygens (including phenoxy) is 5. The minimum Gasteiger partial charge on any atom is -0.435 e. The number of carbonyl (C=O) groups excluding carboxylic acids is 2. The molecular weight excluding hydrogens is 328 g/mol. The van der Waals surface area contributed by atoms with E-state index >= 15 is 0 Å². The second kappa shape index (κ2) is 9.68. The zero-order valence-electron chi connectivity index (χ0n) is 14.3. The van der Waals surface area contributed by atoms with Gasteiger partial charge in [-0.05, 0) is 25.5 Å². The van der Waals surface area contributed by atoms with Crippen LogP contribution >= 0.6 is 0 Å². The Kier molecular flexibility index (Phi) is 7.28. The van der Waals surface area contributed by atoms with E-state index in [2.05, 4.69) is 0 Å². The second-order valence-corrected chi connectivity index (χ2v) is 5.15. The van der Waals surface area contributed by atoms with Crippen molar-refractivity contribution < 1.29 is 33.3 Å². The van der Waals surface area contributed by atoms with Gasteiger partial charge >= 0.3 is 12.3 Å². The Morgan fingerprint density at radius 3 is 2.32 bits per heavy atom. The predicted octanol–water partition coefficient (Wildman–Crippen LogP) is 3.40. The van der Waals surface area contributed by atoms with Gasteiger partial charge in [-0.3, -0.25) is 0 Å². The monoisotopic (exact) mass is 350 g/mol. The highest BCUT2D eigenvalue weighted by molar-refractivity contribution is 5.61. The second-order valence-electron chi connectivity index (χ2n) is 5.15. The Balaban J connectivity index is 2.06. The summed E-state index contributed by atoms with van der Waals surface area (Å²) in [6.07, 6.45) is 0.153. The maximum absolute atomic E-state index is 11.6. The molecule has 136 valence electrons. The molecule has 0 bridgehead atoms. The van der Waals surface area contributed by atoms with Gasteiger partial charge in [0.25, 0.3) is 0 Å². The average molecular weight is 350 g/mol. The van der Waals surface area contributed by atoms with Crippen molar-refractivity contribution in [3.63, 3.8) is 0 Å². The molecule has 0 saturated carbocycles. The van der Waals surface area contributed by atoms with Crippen molar-refractivity contribution >= 4 is 12.3 Å². The largest absolute Gasteiger partial charge is 0.508 e. The third-order valence-corrected chi connectivity index (χ3v) is 3.41.